The number of methoxy groups -OCH3 is 2. The number of likely N-dealkylation sites (tertiary alicyclic amines) is 2. The van der Waals surface area contributed by atoms with Crippen LogP contribution in [0, 0.1) is 29.6 Å². The Labute approximate surface area is 427 Å². The molecular formula is C51H84N8O12S. The van der Waals surface area contributed by atoms with Crippen LogP contribution in [0.4, 0.5) is 4.79 Å². The predicted octanol–water partition coefficient (Wildman–Crippen LogP) is 2.93. The lowest BCUT2D eigenvalue weighted by Gasteiger charge is -2.41. The molecule has 0 unspecified atom stereocenters. The van der Waals surface area contributed by atoms with Crippen LogP contribution in [0.25, 0.3) is 0 Å². The standard InChI is InChI=1S/C51H84N8O12S/c1-14-32(6)44(57(11)50(65)42(30(2)3)54-49(64)43(31(4)5)56(9)10)40(69-12)29-41(60)59-25-15-16-39(59)45(70-13)33(7)46(61)53-38(48(63)55-72(67,68)37-21-22-37)28-34-17-19-36(20-18-34)71-51(66)58-26-23-35(24-27-58)47(62)52-8/h17-20,30-33,35,37-40,42-45H,14-16,21-29H2,1-13H3,(H,52,62)(H,53,61)(H,54,64)(H,55,63)/t32-,33+,38-,39-,40+,42-,43-,44-,45+/m0/s1. The van der Waals surface area contributed by atoms with E-state index in [4.69, 9.17) is 14.2 Å². The van der Waals surface area contributed by atoms with Gasteiger partial charge in [-0.3, -0.25) is 38.4 Å². The van der Waals surface area contributed by atoms with Gasteiger partial charge in [-0.15, -0.1) is 0 Å². The highest BCUT2D eigenvalue weighted by Crippen LogP contribution is 2.31. The Morgan fingerprint density at radius 3 is 1.93 bits per heavy atom. The highest BCUT2D eigenvalue weighted by atomic mass is 32.2. The van der Waals surface area contributed by atoms with Crippen molar-refractivity contribution in [1.29, 1.82) is 0 Å². The number of sulfonamides is 1. The molecule has 2 saturated heterocycles. The zero-order valence-corrected chi connectivity index (χ0v) is 45.7. The number of hydrogen-bond donors (Lipinski definition) is 4. The largest absolute Gasteiger partial charge is 0.415 e. The average molecular weight is 1030 g/mol. The molecule has 9 atom stereocenters. The van der Waals surface area contributed by atoms with E-state index in [1.165, 1.54) is 19.1 Å². The molecule has 4 rings (SSSR count). The van der Waals surface area contributed by atoms with E-state index >= 15 is 0 Å². The molecule has 21 heteroatoms. The third-order valence-electron chi connectivity index (χ3n) is 14.7. The Kier molecular flexibility index (Phi) is 22.3. The van der Waals surface area contributed by atoms with Crippen molar-refractivity contribution in [2.24, 2.45) is 29.6 Å². The summed E-state index contributed by atoms with van der Waals surface area (Å²) in [7, 11) is 5.91. The van der Waals surface area contributed by atoms with Crippen LogP contribution in [0.2, 0.25) is 0 Å². The number of ether oxygens (including phenoxy) is 3. The Morgan fingerprint density at radius 2 is 1.42 bits per heavy atom. The molecule has 4 N–H and O–H groups in total. The molecule has 1 aliphatic carbocycles. The van der Waals surface area contributed by atoms with Crippen molar-refractivity contribution in [3.05, 3.63) is 29.8 Å². The number of hydrogen-bond acceptors (Lipinski definition) is 13. The SMILES string of the molecule is CC[C@H](C)[C@@H]([C@@H](CC(=O)N1CCC[C@H]1[C@H](OC)[C@@H](C)C(=O)N[C@@H](Cc1ccc(OC(=O)N2CCC(C(=O)NC)CC2)cc1)C(=O)NS(=O)(=O)C1CC1)OC)N(C)C(=O)[C@@H](NC(=O)[C@H](C(C)C)N(C)C)C(C)C. The van der Waals surface area contributed by atoms with Crippen molar-refractivity contribution in [3.63, 3.8) is 0 Å². The smallest absolute Gasteiger partial charge is 0.410 e. The number of likely N-dealkylation sites (N-methyl/N-ethyl adjacent to an activating group) is 2. The second-order valence-corrected chi connectivity index (χ2v) is 22.8. The molecule has 0 bridgehead atoms. The van der Waals surface area contributed by atoms with Gasteiger partial charge < -0.3 is 44.9 Å². The average Bonchev–Trinajstić information content (AvgIpc) is 4.10. The lowest BCUT2D eigenvalue weighted by atomic mass is 9.89. The van der Waals surface area contributed by atoms with Gasteiger partial charge in [0.05, 0.1) is 47.9 Å². The molecule has 7 amide bonds. The summed E-state index contributed by atoms with van der Waals surface area (Å²) < 4.78 is 45.7. The van der Waals surface area contributed by atoms with E-state index in [9.17, 15) is 42.0 Å². The number of amides is 7. The van der Waals surface area contributed by atoms with Crippen LogP contribution in [0.3, 0.4) is 0 Å². The van der Waals surface area contributed by atoms with Crippen LogP contribution >= 0.6 is 0 Å². The van der Waals surface area contributed by atoms with Gasteiger partial charge in [0.2, 0.25) is 39.6 Å². The zero-order valence-electron chi connectivity index (χ0n) is 44.9. The topological polar surface area (TPSA) is 242 Å². The summed E-state index contributed by atoms with van der Waals surface area (Å²) in [5.74, 6) is -3.57. The summed E-state index contributed by atoms with van der Waals surface area (Å²) in [6, 6.07) is 2.62. The molecule has 1 aromatic rings. The first-order valence-electron chi connectivity index (χ1n) is 25.6. The molecular weight excluding hydrogens is 949 g/mol. The van der Waals surface area contributed by atoms with Crippen LogP contribution in [0.1, 0.15) is 105 Å². The molecule has 3 aliphatic rings. The molecule has 406 valence electrons. The minimum absolute atomic E-state index is 0.00105. The van der Waals surface area contributed by atoms with E-state index in [0.717, 1.165) is 0 Å². The fourth-order valence-corrected chi connectivity index (χ4v) is 11.6. The van der Waals surface area contributed by atoms with Crippen LogP contribution < -0.4 is 25.4 Å². The third-order valence-corrected chi connectivity index (χ3v) is 16.6. The minimum atomic E-state index is -3.98. The number of piperidine rings is 1. The zero-order chi connectivity index (χ0) is 53.8. The monoisotopic (exact) mass is 1030 g/mol. The van der Waals surface area contributed by atoms with Gasteiger partial charge in [-0.25, -0.2) is 13.2 Å². The van der Waals surface area contributed by atoms with Crippen LogP contribution in [0.15, 0.2) is 24.3 Å². The quantitative estimate of drug-likeness (QED) is 0.110. The van der Waals surface area contributed by atoms with E-state index in [0.29, 0.717) is 70.1 Å². The Morgan fingerprint density at radius 1 is 0.792 bits per heavy atom. The highest BCUT2D eigenvalue weighted by Gasteiger charge is 2.44. The Balaban J connectivity index is 1.48. The molecule has 3 fully saturated rings. The third kappa shape index (κ3) is 15.6. The summed E-state index contributed by atoms with van der Waals surface area (Å²) in [4.78, 5) is 102. The van der Waals surface area contributed by atoms with E-state index in [1.54, 1.807) is 55.1 Å². The maximum Gasteiger partial charge on any atom is 0.415 e. The molecule has 0 radical (unpaired) electrons. The molecule has 2 aliphatic heterocycles. The molecule has 0 aromatic heterocycles. The van der Waals surface area contributed by atoms with Crippen LogP contribution in [0.5, 0.6) is 5.75 Å². The van der Waals surface area contributed by atoms with Crippen molar-refractivity contribution in [2.45, 2.75) is 154 Å². The van der Waals surface area contributed by atoms with E-state index in [-0.39, 0.29) is 65.9 Å². The van der Waals surface area contributed by atoms with Crippen molar-refractivity contribution in [1.82, 2.24) is 40.3 Å². The molecule has 72 heavy (non-hydrogen) atoms. The number of carbonyl (C=O) groups is 7. The lowest BCUT2D eigenvalue weighted by molar-refractivity contribution is -0.148. The first-order chi connectivity index (χ1) is 33.9. The van der Waals surface area contributed by atoms with E-state index in [1.807, 2.05) is 60.5 Å². The molecule has 0 spiro atoms. The van der Waals surface area contributed by atoms with E-state index < -0.39 is 81.5 Å². The van der Waals surface area contributed by atoms with Gasteiger partial charge in [-0.1, -0.05) is 67.0 Å². The summed E-state index contributed by atoms with van der Waals surface area (Å²) >= 11 is 0. The number of benzene rings is 1. The lowest BCUT2D eigenvalue weighted by Crippen LogP contribution is -2.59. The summed E-state index contributed by atoms with van der Waals surface area (Å²) in [5, 5.41) is 7.74. The molecule has 1 aromatic carbocycles. The predicted molar refractivity (Wildman–Crippen MR) is 272 cm³/mol. The summed E-state index contributed by atoms with van der Waals surface area (Å²) in [6.07, 6.45) is 1.35. The van der Waals surface area contributed by atoms with Gasteiger partial charge in [0.15, 0.2) is 0 Å². The number of rotatable bonds is 25. The number of nitrogens with one attached hydrogen (secondary N) is 4. The van der Waals surface area contributed by atoms with E-state index in [2.05, 4.69) is 20.7 Å². The molecule has 2 heterocycles. The maximum absolute atomic E-state index is 14.5. The van der Waals surface area contributed by atoms with Crippen molar-refractivity contribution in [2.75, 3.05) is 62.0 Å². The van der Waals surface area contributed by atoms with Crippen LogP contribution in [-0.2, 0) is 54.7 Å². The summed E-state index contributed by atoms with van der Waals surface area (Å²) in [5.41, 5.74) is 0.540. The van der Waals surface area contributed by atoms with Gasteiger partial charge in [-0.05, 0) is 88.1 Å². The van der Waals surface area contributed by atoms with Gasteiger partial charge in [0, 0.05) is 60.3 Å². The summed E-state index contributed by atoms with van der Waals surface area (Å²) in [6.45, 7) is 14.4. The minimum Gasteiger partial charge on any atom is -0.410 e. The normalized spacial score (nSPS) is 19.9. The van der Waals surface area contributed by atoms with Crippen molar-refractivity contribution in [3.8, 4) is 5.75 Å². The first kappa shape index (κ1) is 59.7. The number of nitrogens with zero attached hydrogens (tertiary/aromatic N) is 4. The fraction of sp³-hybridized carbons (Fsp3) is 0.745. The van der Waals surface area contributed by atoms with Crippen LogP contribution in [-0.4, -0.2) is 179 Å². The van der Waals surface area contributed by atoms with Gasteiger partial charge in [0.1, 0.15) is 17.8 Å². The van der Waals surface area contributed by atoms with Gasteiger partial charge >= 0.3 is 6.09 Å². The molecule has 1 saturated carbocycles. The highest BCUT2D eigenvalue weighted by molar-refractivity contribution is 7.90. The maximum atomic E-state index is 14.5. The van der Waals surface area contributed by atoms with Crippen molar-refractivity contribution >= 4 is 51.6 Å². The second-order valence-electron chi connectivity index (χ2n) is 20.8. The number of carbonyl (C=O) groups excluding carboxylic acids is 7. The van der Waals surface area contributed by atoms with Gasteiger partial charge in [0.25, 0.3) is 5.91 Å². The van der Waals surface area contributed by atoms with Gasteiger partial charge in [-0.2, -0.15) is 0 Å². The molecule has 20 nitrogen and oxygen atoms in total. The fourth-order valence-electron chi connectivity index (χ4n) is 10.2. The van der Waals surface area contributed by atoms with Crippen molar-refractivity contribution < 1.29 is 56.2 Å². The first-order valence-corrected chi connectivity index (χ1v) is 27.2. The Hall–Kier alpha value is -4.86. The Bertz CT molecular complexity index is 2120. The second kappa shape index (κ2) is 26.9.